The number of phenolic OH excluding ortho intramolecular Hbond substituents is 1. The highest BCUT2D eigenvalue weighted by Gasteiger charge is 2.45. The van der Waals surface area contributed by atoms with Gasteiger partial charge in [0.05, 0.1) is 24.5 Å². The van der Waals surface area contributed by atoms with Crippen molar-refractivity contribution < 1.29 is 37.7 Å². The van der Waals surface area contributed by atoms with Crippen LogP contribution in [0.1, 0.15) is 84.9 Å². The van der Waals surface area contributed by atoms with Gasteiger partial charge in [-0.05, 0) is 148 Å². The molecule has 2 aromatic heterocycles. The van der Waals surface area contributed by atoms with E-state index < -0.39 is 17.4 Å². The average molecular weight is 1020 g/mol. The molecule has 2 saturated heterocycles. The summed E-state index contributed by atoms with van der Waals surface area (Å²) in [6, 6.07) is 29.2. The number of amides is 3. The summed E-state index contributed by atoms with van der Waals surface area (Å²) in [7, 11) is 3.62. The minimum atomic E-state index is -3.84. The van der Waals surface area contributed by atoms with Gasteiger partial charge in [-0.2, -0.15) is 14.0 Å². The number of piperidine rings is 1. The zero-order valence-electron chi connectivity index (χ0n) is 43.2. The smallest absolute Gasteiger partial charge is 0.349 e. The van der Waals surface area contributed by atoms with Gasteiger partial charge in [-0.1, -0.05) is 30.7 Å². The van der Waals surface area contributed by atoms with Crippen LogP contribution in [0.15, 0.2) is 97.1 Å². The maximum absolute atomic E-state index is 16.4. The number of alkyl halides is 2. The topological polar surface area (TPSA) is 140 Å². The quantitative estimate of drug-likeness (QED) is 0.120. The van der Waals surface area contributed by atoms with E-state index in [1.54, 1.807) is 41.9 Å². The number of aromatic hydroxyl groups is 1. The van der Waals surface area contributed by atoms with E-state index in [-0.39, 0.29) is 43.1 Å². The molecule has 0 bridgehead atoms. The number of hydrogen-bond donors (Lipinski definition) is 1. The zero-order chi connectivity index (χ0) is 52.5. The standard InChI is InChI=1S/C59H64F2N8O6/c1-39-51(57(72)69(46-14-16-49(70)17-15-46)54-33-47(35-62)63(3)40(54)2)34-55(64(39)4)52-31-42-20-23-67(58(73)59(60,61)45-12-18-50(19-13-45)75-29-26-65-24-27-74-28-25-65)36-44(42)32-53(52)56(71)68-37-43-11-7-6-10-41(43)30-48(68)38-66-21-8-5-9-22-66/h6-7,10-19,31-34,48,70H,5,8-9,20-30,36-38H2,1-4H3/t48-/m0/s1. The van der Waals surface area contributed by atoms with Gasteiger partial charge in [0.1, 0.15) is 29.9 Å². The third-order valence-corrected chi connectivity index (χ3v) is 15.9. The highest BCUT2D eigenvalue weighted by molar-refractivity contribution is 6.13. The molecule has 1 N–H and O–H groups in total. The number of ether oxygens (including phenoxy) is 2. The van der Waals surface area contributed by atoms with Gasteiger partial charge in [-0.25, -0.2) is 0 Å². The van der Waals surface area contributed by atoms with Crippen molar-refractivity contribution in [3.05, 3.63) is 153 Å². The van der Waals surface area contributed by atoms with Crippen LogP contribution >= 0.6 is 0 Å². The summed E-state index contributed by atoms with van der Waals surface area (Å²) in [5.74, 6) is -5.32. The van der Waals surface area contributed by atoms with E-state index in [1.165, 1.54) is 58.2 Å². The molecule has 4 aromatic carbocycles. The van der Waals surface area contributed by atoms with Crippen LogP contribution in [0, 0.1) is 25.2 Å². The molecule has 6 aromatic rings. The highest BCUT2D eigenvalue weighted by Crippen LogP contribution is 2.40. The zero-order valence-corrected chi connectivity index (χ0v) is 43.2. The van der Waals surface area contributed by atoms with Crippen LogP contribution < -0.4 is 9.64 Å². The molecule has 0 aliphatic carbocycles. The number of aromatic nitrogens is 2. The molecule has 0 radical (unpaired) electrons. The fourth-order valence-corrected chi connectivity index (χ4v) is 11.2. The molecule has 4 aliphatic heterocycles. The number of carbonyl (C=O) groups excluding carboxylic acids is 3. The molecular formula is C59H64F2N8O6. The molecule has 390 valence electrons. The van der Waals surface area contributed by atoms with Crippen LogP contribution in [0.5, 0.6) is 11.5 Å². The summed E-state index contributed by atoms with van der Waals surface area (Å²) in [4.78, 5) is 54.4. The van der Waals surface area contributed by atoms with Gasteiger partial charge in [-0.15, -0.1) is 0 Å². The van der Waals surface area contributed by atoms with Gasteiger partial charge in [0.25, 0.3) is 17.7 Å². The summed E-state index contributed by atoms with van der Waals surface area (Å²) < 4.78 is 47.6. The lowest BCUT2D eigenvalue weighted by atomic mass is 9.89. The molecule has 16 heteroatoms. The lowest BCUT2D eigenvalue weighted by Crippen LogP contribution is -2.51. The Morgan fingerprint density at radius 1 is 0.787 bits per heavy atom. The number of carbonyl (C=O) groups is 3. The molecule has 0 spiro atoms. The van der Waals surface area contributed by atoms with Crippen molar-refractivity contribution in [3.63, 3.8) is 0 Å². The van der Waals surface area contributed by atoms with Crippen molar-refractivity contribution in [3.8, 4) is 28.8 Å². The summed E-state index contributed by atoms with van der Waals surface area (Å²) in [5, 5.41) is 20.2. The molecule has 2 fully saturated rings. The summed E-state index contributed by atoms with van der Waals surface area (Å²) >= 11 is 0. The number of phenols is 1. The number of halogens is 2. The third kappa shape index (κ3) is 10.3. The van der Waals surface area contributed by atoms with Crippen molar-refractivity contribution in [1.82, 2.24) is 28.7 Å². The van der Waals surface area contributed by atoms with Crippen molar-refractivity contribution in [1.29, 1.82) is 5.26 Å². The first kappa shape index (κ1) is 51.2. The molecule has 6 heterocycles. The van der Waals surface area contributed by atoms with Gasteiger partial charge < -0.3 is 38.4 Å². The van der Waals surface area contributed by atoms with Crippen LogP contribution in [0.2, 0.25) is 0 Å². The summed E-state index contributed by atoms with van der Waals surface area (Å²) in [6.45, 7) is 10.6. The predicted molar refractivity (Wildman–Crippen MR) is 281 cm³/mol. The minimum absolute atomic E-state index is 0.0241. The Labute approximate surface area is 436 Å². The number of likely N-dealkylation sites (tertiary alicyclic amines) is 1. The molecule has 1 atom stereocenters. The number of nitrogens with zero attached hydrogens (tertiary/aromatic N) is 8. The number of fused-ring (bicyclic) bond motifs is 2. The van der Waals surface area contributed by atoms with Crippen molar-refractivity contribution in [2.75, 3.05) is 70.5 Å². The van der Waals surface area contributed by atoms with Crippen LogP contribution in [0.4, 0.5) is 20.2 Å². The molecule has 0 unspecified atom stereocenters. The maximum atomic E-state index is 16.4. The molecule has 3 amide bonds. The number of rotatable bonds is 13. The van der Waals surface area contributed by atoms with Crippen LogP contribution in [-0.2, 0) is 55.5 Å². The normalized spacial score (nSPS) is 17.3. The monoisotopic (exact) mass is 1020 g/mol. The molecule has 75 heavy (non-hydrogen) atoms. The second kappa shape index (κ2) is 21.5. The van der Waals surface area contributed by atoms with Crippen LogP contribution in [0.25, 0.3) is 11.3 Å². The highest BCUT2D eigenvalue weighted by atomic mass is 19.3. The SMILES string of the molecule is Cc1c(N(C(=O)c2cc(-c3cc4c(cc3C(=O)N3Cc5ccccc5C[C@H]3CN3CCCCC3)CN(C(=O)C(F)(F)c3ccc(OCCN5CCOCC5)cc3)CC4)n(C)c2C)c2ccc(O)cc2)cc(C#N)n1C. The summed E-state index contributed by atoms with van der Waals surface area (Å²) in [5.41, 5.74) is 7.71. The summed E-state index contributed by atoms with van der Waals surface area (Å²) in [6.07, 6.45) is 4.28. The number of benzene rings is 4. The fourth-order valence-electron chi connectivity index (χ4n) is 11.2. The van der Waals surface area contributed by atoms with Gasteiger partial charge in [-0.3, -0.25) is 24.2 Å². The van der Waals surface area contributed by atoms with E-state index in [0.717, 1.165) is 50.1 Å². The molecule has 0 saturated carbocycles. The predicted octanol–water partition coefficient (Wildman–Crippen LogP) is 8.64. The number of morpholine rings is 1. The van der Waals surface area contributed by atoms with E-state index in [1.807, 2.05) is 48.6 Å². The third-order valence-electron chi connectivity index (χ3n) is 15.9. The number of anilines is 2. The van der Waals surface area contributed by atoms with Crippen molar-refractivity contribution in [2.45, 2.75) is 71.0 Å². The Morgan fingerprint density at radius 3 is 2.21 bits per heavy atom. The lowest BCUT2D eigenvalue weighted by molar-refractivity contribution is -0.160. The first-order chi connectivity index (χ1) is 36.2. The Bertz CT molecular complexity index is 3150. The molecular weight excluding hydrogens is 955 g/mol. The second-order valence-electron chi connectivity index (χ2n) is 20.4. The Kier molecular flexibility index (Phi) is 14.7. The Balaban J connectivity index is 1.01. The van der Waals surface area contributed by atoms with Gasteiger partial charge >= 0.3 is 5.92 Å². The van der Waals surface area contributed by atoms with Crippen LogP contribution in [-0.4, -0.2) is 123 Å². The molecule has 10 rings (SSSR count). The van der Waals surface area contributed by atoms with E-state index in [4.69, 9.17) is 9.47 Å². The first-order valence-corrected chi connectivity index (χ1v) is 26.0. The van der Waals surface area contributed by atoms with E-state index >= 15 is 18.4 Å². The van der Waals surface area contributed by atoms with Gasteiger partial charge in [0.2, 0.25) is 0 Å². The van der Waals surface area contributed by atoms with E-state index in [2.05, 4.69) is 28.0 Å². The lowest BCUT2D eigenvalue weighted by Gasteiger charge is -2.41. The molecule has 14 nitrogen and oxygen atoms in total. The number of hydrogen-bond acceptors (Lipinski definition) is 9. The van der Waals surface area contributed by atoms with Gasteiger partial charge in [0.15, 0.2) is 0 Å². The van der Waals surface area contributed by atoms with Crippen molar-refractivity contribution in [2.24, 2.45) is 14.1 Å². The Morgan fingerprint density at radius 2 is 1.51 bits per heavy atom. The van der Waals surface area contributed by atoms with Crippen LogP contribution in [0.3, 0.4) is 0 Å². The molecule has 4 aliphatic rings. The van der Waals surface area contributed by atoms with Gasteiger partial charge in [0, 0.05) is 105 Å². The minimum Gasteiger partial charge on any atom is -0.508 e. The van der Waals surface area contributed by atoms with E-state index in [9.17, 15) is 15.2 Å². The Hall–Kier alpha value is -7.32. The fraction of sp³-hybridized carbons (Fsp3) is 0.390. The van der Waals surface area contributed by atoms with E-state index in [0.29, 0.717) is 108 Å². The average Bonchev–Trinajstić information content (AvgIpc) is 3.91. The first-order valence-electron chi connectivity index (χ1n) is 26.0. The van der Waals surface area contributed by atoms with Crippen molar-refractivity contribution >= 4 is 29.1 Å². The second-order valence-corrected chi connectivity index (χ2v) is 20.4. The largest absolute Gasteiger partial charge is 0.508 e. The maximum Gasteiger partial charge on any atom is 0.349 e. The number of nitriles is 1.